The molecule has 0 aliphatic carbocycles. The Morgan fingerprint density at radius 2 is 1.11 bits per heavy atom. The summed E-state index contributed by atoms with van der Waals surface area (Å²) in [6.45, 7) is 66.0. The summed E-state index contributed by atoms with van der Waals surface area (Å²) in [7, 11) is -3.18. The number of hydrogen-bond donors (Lipinski definition) is 13. The molecule has 10 rings (SSSR count). The fourth-order valence-electron chi connectivity index (χ4n) is 8.37. The lowest BCUT2D eigenvalue weighted by molar-refractivity contribution is -0.119. The van der Waals surface area contributed by atoms with Crippen molar-refractivity contribution in [3.05, 3.63) is 66.0 Å². The van der Waals surface area contributed by atoms with Crippen LogP contribution in [0.5, 0.6) is 0 Å². The van der Waals surface area contributed by atoms with Gasteiger partial charge >= 0.3 is 12.1 Å². The highest BCUT2D eigenvalue weighted by Crippen LogP contribution is 2.29. The van der Waals surface area contributed by atoms with E-state index in [1.54, 1.807) is 12.4 Å². The minimum atomic E-state index is -3.18. The molecule has 97 heavy (non-hydrogen) atoms. The third-order valence-electron chi connectivity index (χ3n) is 15.8. The average Bonchev–Trinajstić information content (AvgIpc) is 1.70. The van der Waals surface area contributed by atoms with Gasteiger partial charge < -0.3 is 41.3 Å². The van der Waals surface area contributed by atoms with Crippen molar-refractivity contribution in [3.8, 4) is 0 Å². The third-order valence-corrected chi connectivity index (χ3v) is 18.7. The third kappa shape index (κ3) is 37.0. The van der Waals surface area contributed by atoms with Gasteiger partial charge in [0.1, 0.15) is 12.4 Å². The van der Waals surface area contributed by atoms with Gasteiger partial charge in [0.25, 0.3) is 15.4 Å². The number of H-pyrrole nitrogens is 4. The number of carbonyl (C=O) groups excluding carboxylic acids is 4. The number of nitrogens with one attached hydrogen (secondary N) is 13. The van der Waals surface area contributed by atoms with E-state index in [2.05, 4.69) is 263 Å². The van der Waals surface area contributed by atoms with Crippen LogP contribution in [-0.4, -0.2) is 150 Å². The van der Waals surface area contributed by atoms with Crippen molar-refractivity contribution in [3.63, 3.8) is 0 Å². The maximum atomic E-state index is 10.9. The van der Waals surface area contributed by atoms with Crippen molar-refractivity contribution >= 4 is 56.4 Å². The zero-order chi connectivity index (χ0) is 75.2. The van der Waals surface area contributed by atoms with Crippen LogP contribution in [0.15, 0.2) is 43.0 Å². The van der Waals surface area contributed by atoms with Crippen LogP contribution in [0.4, 0.5) is 14.4 Å². The first-order valence-electron chi connectivity index (χ1n) is 33.5. The number of tetrazole rings is 1. The van der Waals surface area contributed by atoms with Gasteiger partial charge in [0.15, 0.2) is 17.0 Å². The van der Waals surface area contributed by atoms with Crippen molar-refractivity contribution in [1.82, 2.24) is 91.2 Å². The maximum Gasteiger partial charge on any atom is 0.407 e. The van der Waals surface area contributed by atoms with Gasteiger partial charge in [-0.05, 0) is 57.1 Å². The van der Waals surface area contributed by atoms with Gasteiger partial charge in [-0.3, -0.25) is 14.7 Å². The SMILES string of the molecule is CC(C)(C)C1CCC(=O)N1.CC(C)(C)C1CNC(=O)N1.CC(C)(C)C1CNS(=O)(=O)N1.CC(C)(C)C1CNS(=O)N1.CC(C)(C)C1COC(=O)N1.CC(C)(C)C1CSC(=O)N1.CC(C)(C)c1ccc[nH]1.CC(C)(C)c1ccn[nH]1.CC(C)(C)c1ncc[nH]1.CC(C)(C)c1nn[nH]n1. The quantitative estimate of drug-likeness (QED) is 0.0779. The summed E-state index contributed by atoms with van der Waals surface area (Å²) in [5.41, 5.74) is 3.99. The molecule has 0 spiro atoms. The Morgan fingerprint density at radius 3 is 1.32 bits per heavy atom. The number of ether oxygens (including phenoxy) is 1. The summed E-state index contributed by atoms with van der Waals surface area (Å²) >= 11 is 0.383. The van der Waals surface area contributed by atoms with Crippen LogP contribution < -0.4 is 45.5 Å². The van der Waals surface area contributed by atoms with Gasteiger partial charge in [0.2, 0.25) is 5.91 Å². The van der Waals surface area contributed by atoms with Crippen molar-refractivity contribution in [2.75, 3.05) is 32.0 Å². The van der Waals surface area contributed by atoms with Gasteiger partial charge in [-0.1, -0.05) is 225 Å². The zero-order valence-corrected chi connectivity index (χ0v) is 67.1. The van der Waals surface area contributed by atoms with Crippen LogP contribution in [0.1, 0.15) is 244 Å². The fourth-order valence-corrected chi connectivity index (χ4v) is 11.9. The largest absolute Gasteiger partial charge is 0.447 e. The van der Waals surface area contributed by atoms with E-state index in [1.165, 1.54) is 23.1 Å². The molecule has 7 unspecified atom stereocenters. The number of rotatable bonds is 0. The first kappa shape index (κ1) is 89.6. The second-order valence-corrected chi connectivity index (χ2v) is 39.0. The molecule has 6 fully saturated rings. The minimum absolute atomic E-state index is 0.00694. The highest BCUT2D eigenvalue weighted by atomic mass is 32.2. The van der Waals surface area contributed by atoms with Gasteiger partial charge in [0, 0.05) is 114 Å². The number of aromatic nitrogens is 9. The number of nitrogens with zero attached hydrogens (tertiary/aromatic N) is 5. The highest BCUT2D eigenvalue weighted by molar-refractivity contribution is 8.14. The zero-order valence-electron chi connectivity index (χ0n) is 64.7. The second-order valence-electron chi connectivity index (χ2n) is 35.4. The molecule has 0 bridgehead atoms. The van der Waals surface area contributed by atoms with Crippen molar-refractivity contribution in [2.45, 2.75) is 278 Å². The molecule has 0 aromatic carbocycles. The van der Waals surface area contributed by atoms with E-state index in [0.29, 0.717) is 37.7 Å². The molecule has 5 amide bonds. The smallest absolute Gasteiger partial charge is 0.407 e. The van der Waals surface area contributed by atoms with E-state index in [9.17, 15) is 31.8 Å². The van der Waals surface area contributed by atoms with E-state index in [-0.39, 0.29) is 95.5 Å². The van der Waals surface area contributed by atoms with Gasteiger partial charge in [-0.2, -0.15) is 23.5 Å². The lowest BCUT2D eigenvalue weighted by Crippen LogP contribution is -2.38. The standard InChI is InChI=1S/C8H15NO.C8H13N.C7H14N2O.2C7H12N2.C7H13NO2.C7H13NOS.C6H14N2O2S.C6H14N2OS.C5H10N4/c1-8(2,3)6-4-5-7(10)9-6;1-8(2,3)7-5-4-6-9-7;1-7(2,3)5-4-8-6(10)9-5;1-7(2,3)6-8-4-5-9-6;1-7(2,3)6-4-5-8-9-6;2*1-7(2,3)5-4-10-6(9)8-5;1-6(2,3)5-4-7-11(9,10)8-5;1-6(2,3)5-4-7-10(9)8-5;1-5(2,3)4-6-8-9-7-4/h6H,4-5H2,1-3H3,(H,9,10);4-6,9H,1-3H3;5H,4H2,1-3H3,(H2,8,9,10);2*4-5H,1-3H3,(H,8,9);2*5H,4H2,1-3H3,(H,8,9);5,7-8H,4H2,1-3H3;5,7-8H,4H2,1-3H3;1-3H3,(H,6,7,8,9). The van der Waals surface area contributed by atoms with Crippen LogP contribution in [0, 0.1) is 32.5 Å². The number of imidazole rings is 1. The van der Waals surface area contributed by atoms with E-state index < -0.39 is 21.4 Å². The van der Waals surface area contributed by atoms with E-state index >= 15 is 0 Å². The van der Waals surface area contributed by atoms with Crippen molar-refractivity contribution in [1.29, 1.82) is 0 Å². The summed E-state index contributed by atoms with van der Waals surface area (Å²) < 4.78 is 48.0. The highest BCUT2D eigenvalue weighted by Gasteiger charge is 2.37. The monoisotopic (exact) mass is 1420 g/mol. The lowest BCUT2D eigenvalue weighted by atomic mass is 9.86. The molecule has 29 heteroatoms. The average molecular weight is 1420 g/mol. The molecule has 6 aliphatic heterocycles. The Bertz CT molecular complexity index is 2650. The maximum absolute atomic E-state index is 10.9. The predicted molar refractivity (Wildman–Crippen MR) is 395 cm³/mol. The van der Waals surface area contributed by atoms with Gasteiger partial charge in [0.05, 0.1) is 12.1 Å². The number of urea groups is 1. The van der Waals surface area contributed by atoms with Gasteiger partial charge in [-0.25, -0.2) is 32.9 Å². The molecule has 558 valence electrons. The predicted octanol–water partition coefficient (Wildman–Crippen LogP) is 11.3. The molecule has 7 atom stereocenters. The summed E-state index contributed by atoms with van der Waals surface area (Å²) in [5.74, 6) is 2.92. The molecule has 4 aromatic heterocycles. The van der Waals surface area contributed by atoms with E-state index in [4.69, 9.17) is 4.74 Å². The number of amides is 5. The fraction of sp³-hybridized carbons (Fsp3) is 0.779. The number of aromatic amines is 4. The second kappa shape index (κ2) is 37.3. The summed E-state index contributed by atoms with van der Waals surface area (Å²) in [5, 5.41) is 34.6. The first-order valence-corrected chi connectivity index (χ1v) is 37.1. The van der Waals surface area contributed by atoms with E-state index in [1.807, 2.05) is 66.1 Å². The number of cyclic esters (lactones) is 1. The molecule has 0 saturated carbocycles. The number of hydrogen-bond acceptors (Lipinski definition) is 14. The van der Waals surface area contributed by atoms with Crippen LogP contribution in [0.3, 0.4) is 0 Å². The Hall–Kier alpha value is -5.46. The molecule has 10 heterocycles. The lowest BCUT2D eigenvalue weighted by Gasteiger charge is -2.26. The summed E-state index contributed by atoms with van der Waals surface area (Å²) in [6.07, 6.45) is 8.78. The molecule has 6 aliphatic rings. The molecular weight excluding hydrogens is 1290 g/mol. The van der Waals surface area contributed by atoms with Gasteiger partial charge in [-0.15, -0.1) is 10.2 Å². The molecule has 6 saturated heterocycles. The Labute approximate surface area is 590 Å². The molecule has 26 nitrogen and oxygen atoms in total. The molecule has 0 radical (unpaired) electrons. The van der Waals surface area contributed by atoms with E-state index in [0.717, 1.165) is 36.9 Å². The Kier molecular flexibility index (Phi) is 34.4. The Balaban J connectivity index is 0.000000539. The normalized spacial score (nSPS) is 22.3. The molecule has 4 aromatic rings. The number of carbonyl (C=O) groups is 4. The summed E-state index contributed by atoms with van der Waals surface area (Å²) in [4.78, 5) is 53.2. The van der Waals surface area contributed by atoms with Crippen molar-refractivity contribution < 1.29 is 36.5 Å². The number of thioether (sulfide) groups is 1. The summed E-state index contributed by atoms with van der Waals surface area (Å²) in [6, 6.07) is 7.62. The van der Waals surface area contributed by atoms with Crippen LogP contribution >= 0.6 is 11.8 Å². The van der Waals surface area contributed by atoms with Crippen LogP contribution in [-0.2, 0) is 52.6 Å². The van der Waals surface area contributed by atoms with Crippen LogP contribution in [0.2, 0.25) is 0 Å². The van der Waals surface area contributed by atoms with Crippen molar-refractivity contribution in [2.24, 2.45) is 32.5 Å². The minimum Gasteiger partial charge on any atom is -0.447 e. The topological polar surface area (TPSA) is 365 Å². The number of alkyl carbamates (subject to hydrolysis) is 1. The van der Waals surface area contributed by atoms with Crippen LogP contribution in [0.25, 0.3) is 0 Å². The molecular formula is C68H130N18O8S3. The molecule has 13 N–H and O–H groups in total. The first-order chi connectivity index (χ1) is 43.7. The Morgan fingerprint density at radius 1 is 0.557 bits per heavy atom.